The van der Waals surface area contributed by atoms with Gasteiger partial charge in [-0.3, -0.25) is 9.59 Å². The van der Waals surface area contributed by atoms with Crippen molar-refractivity contribution in [1.82, 2.24) is 0 Å². The molecule has 0 aromatic carbocycles. The number of allylic oxidation sites excluding steroid dienone is 1. The molecule has 5 aliphatic rings. The first-order chi connectivity index (χ1) is 21.1. The topological polar surface area (TPSA) is 108 Å². The van der Waals surface area contributed by atoms with Crippen LogP contribution in [0.1, 0.15) is 82.1 Å². The third-order valence-electron chi connectivity index (χ3n) is 13.2. The predicted octanol–water partition coefficient (Wildman–Crippen LogP) is 7.46. The molecule has 2 aliphatic heterocycles. The molecule has 1 N–H and O–H groups in total. The second-order valence-electron chi connectivity index (χ2n) is 14.8. The Morgan fingerprint density at radius 2 is 1.47 bits per heavy atom. The maximum absolute atomic E-state index is 15.9. The summed E-state index contributed by atoms with van der Waals surface area (Å²) in [5.41, 5.74) is -3.91. The lowest BCUT2D eigenvalue weighted by Crippen LogP contribution is -2.76. The number of fused-ring (bicyclic) bond motifs is 5. The summed E-state index contributed by atoms with van der Waals surface area (Å²) in [6, 6.07) is 5.22. The van der Waals surface area contributed by atoms with Crippen LogP contribution in [0.4, 0.5) is 4.79 Å². The standard InChI is InChI=1S/C33H54O8S2Si2/c1-11-44(12-2,13-3)40-22-17-23-32(37,19-42-43-23)26-28-33(39-29(36)38-28)18-21(34)20(7)24(30(33,8)9)25(27(35)31(22,26)10)41-45(14-4,15-5)16-6/h22-23,25-26,28,37H,11-19H2,1-10H3/t22-,23+,25+,26-,28-,31+,32-,33+/m0/s1. The Morgan fingerprint density at radius 3 is 2.02 bits per heavy atom. The minimum Gasteiger partial charge on any atom is -0.426 e. The average molecular weight is 699 g/mol. The first kappa shape index (κ1) is 35.7. The Hall–Kier alpha value is -0.636. The quantitative estimate of drug-likeness (QED) is 0.140. The van der Waals surface area contributed by atoms with Gasteiger partial charge in [-0.05, 0) is 67.7 Å². The third kappa shape index (κ3) is 4.88. The fourth-order valence-electron chi connectivity index (χ4n) is 9.57. The third-order valence-corrected chi connectivity index (χ3v) is 25.5. The second-order valence-corrected chi connectivity index (χ2v) is 26.9. The first-order valence-corrected chi connectivity index (χ1v) is 24.5. The summed E-state index contributed by atoms with van der Waals surface area (Å²) in [6.45, 7) is 20.6. The van der Waals surface area contributed by atoms with Crippen molar-refractivity contribution in [3.05, 3.63) is 11.1 Å². The number of ketones is 2. The van der Waals surface area contributed by atoms with Crippen molar-refractivity contribution >= 4 is 55.9 Å². The smallest absolute Gasteiger partial charge is 0.426 e. The molecule has 1 spiro atoms. The highest BCUT2D eigenvalue weighted by Crippen LogP contribution is 2.68. The van der Waals surface area contributed by atoms with Gasteiger partial charge in [0.1, 0.15) is 6.10 Å². The Bertz CT molecular complexity index is 1250. The van der Waals surface area contributed by atoms with Crippen molar-refractivity contribution in [2.75, 3.05) is 5.75 Å². The van der Waals surface area contributed by atoms with Crippen molar-refractivity contribution in [2.24, 2.45) is 16.7 Å². The zero-order valence-electron chi connectivity index (χ0n) is 28.9. The number of ether oxygens (including phenoxy) is 2. The van der Waals surface area contributed by atoms with Gasteiger partial charge in [0.05, 0.1) is 23.5 Å². The molecule has 8 atom stereocenters. The van der Waals surface area contributed by atoms with E-state index in [9.17, 15) is 14.7 Å². The van der Waals surface area contributed by atoms with Gasteiger partial charge >= 0.3 is 6.16 Å². The molecule has 4 fully saturated rings. The Kier molecular flexibility index (Phi) is 9.55. The van der Waals surface area contributed by atoms with E-state index in [1.165, 1.54) is 0 Å². The van der Waals surface area contributed by atoms with Crippen molar-refractivity contribution in [2.45, 2.75) is 153 Å². The van der Waals surface area contributed by atoms with Gasteiger partial charge in [0.25, 0.3) is 0 Å². The minimum absolute atomic E-state index is 0.0682. The zero-order valence-corrected chi connectivity index (χ0v) is 32.5. The SMILES string of the molecule is CC[Si](CC)(CC)O[C@H]1C(=O)[C@]2(C)[C@@H](O[Si](CC)(CC)CC)C[C@H]3SSC[C@@]3(O)[C@H]2[C@@H]2OC(=O)O[C@]23CC(=O)C(C)=C1C3(C)C. The van der Waals surface area contributed by atoms with Crippen molar-refractivity contribution < 1.29 is 37.8 Å². The molecule has 8 nitrogen and oxygen atoms in total. The summed E-state index contributed by atoms with van der Waals surface area (Å²) in [4.78, 5) is 43.2. The molecular formula is C33H54O8S2Si2. The van der Waals surface area contributed by atoms with E-state index in [-0.39, 0.29) is 23.2 Å². The number of carbonyl (C=O) groups is 3. The molecule has 2 saturated carbocycles. The summed E-state index contributed by atoms with van der Waals surface area (Å²) in [6.07, 6.45) is -2.96. The molecule has 0 aromatic heterocycles. The Balaban J connectivity index is 1.86. The van der Waals surface area contributed by atoms with Crippen LogP contribution in [0.3, 0.4) is 0 Å². The van der Waals surface area contributed by atoms with Gasteiger partial charge in [-0.25, -0.2) is 4.79 Å². The largest absolute Gasteiger partial charge is 0.509 e. The molecule has 0 aromatic rings. The minimum atomic E-state index is -2.44. The van der Waals surface area contributed by atoms with Gasteiger partial charge in [-0.1, -0.05) is 77.0 Å². The summed E-state index contributed by atoms with van der Waals surface area (Å²) in [7, 11) is -1.48. The number of hydrogen-bond acceptors (Lipinski definition) is 10. The van der Waals surface area contributed by atoms with E-state index in [0.29, 0.717) is 23.3 Å². The summed E-state index contributed by atoms with van der Waals surface area (Å²) in [5, 5.41) is 12.6. The van der Waals surface area contributed by atoms with E-state index in [1.54, 1.807) is 28.5 Å². The second kappa shape index (κ2) is 12.1. The van der Waals surface area contributed by atoms with Crippen molar-refractivity contribution in [3.63, 3.8) is 0 Å². The molecule has 2 heterocycles. The number of hydrogen-bond donors (Lipinski definition) is 1. The predicted molar refractivity (Wildman–Crippen MR) is 184 cm³/mol. The lowest BCUT2D eigenvalue weighted by atomic mass is 9.46. The normalized spacial score (nSPS) is 39.4. The maximum Gasteiger partial charge on any atom is 0.509 e. The molecule has 0 unspecified atom stereocenters. The number of aliphatic hydroxyl groups is 1. The summed E-state index contributed by atoms with van der Waals surface area (Å²) < 4.78 is 27.0. The van der Waals surface area contributed by atoms with E-state index in [2.05, 4.69) is 41.5 Å². The molecule has 0 radical (unpaired) electrons. The van der Waals surface area contributed by atoms with Gasteiger partial charge in [0.2, 0.25) is 0 Å². The lowest BCUT2D eigenvalue weighted by Gasteiger charge is -2.63. The van der Waals surface area contributed by atoms with Crippen LogP contribution in [-0.2, 0) is 27.9 Å². The van der Waals surface area contributed by atoms with Gasteiger partial charge < -0.3 is 23.4 Å². The maximum atomic E-state index is 15.9. The van der Waals surface area contributed by atoms with Crippen molar-refractivity contribution in [1.29, 1.82) is 0 Å². The van der Waals surface area contributed by atoms with Crippen LogP contribution in [0.2, 0.25) is 36.3 Å². The van der Waals surface area contributed by atoms with E-state index < -0.39 is 69.1 Å². The average Bonchev–Trinajstić information content (AvgIpc) is 3.55. The molecule has 2 bridgehead atoms. The van der Waals surface area contributed by atoms with Gasteiger partial charge in [0.15, 0.2) is 39.9 Å². The van der Waals surface area contributed by atoms with Crippen LogP contribution in [0.5, 0.6) is 0 Å². The van der Waals surface area contributed by atoms with Crippen LogP contribution in [0.25, 0.3) is 0 Å². The Morgan fingerprint density at radius 1 is 0.911 bits per heavy atom. The molecule has 0 amide bonds. The highest BCUT2D eigenvalue weighted by atomic mass is 33.1. The summed E-state index contributed by atoms with van der Waals surface area (Å²) >= 11 is 0. The van der Waals surface area contributed by atoms with Crippen LogP contribution < -0.4 is 0 Å². The van der Waals surface area contributed by atoms with E-state index in [1.807, 2.05) is 20.8 Å². The number of Topliss-reactive ketones (excluding diaryl/α,β-unsaturated/α-hetero) is 2. The van der Waals surface area contributed by atoms with Crippen LogP contribution in [0.15, 0.2) is 11.1 Å². The van der Waals surface area contributed by atoms with Gasteiger partial charge in [-0.2, -0.15) is 0 Å². The highest BCUT2D eigenvalue weighted by Gasteiger charge is 2.78. The van der Waals surface area contributed by atoms with Crippen molar-refractivity contribution in [3.8, 4) is 0 Å². The number of carbonyl (C=O) groups excluding carboxylic acids is 3. The molecule has 254 valence electrons. The lowest BCUT2D eigenvalue weighted by molar-refractivity contribution is -0.212. The van der Waals surface area contributed by atoms with E-state index in [4.69, 9.17) is 18.3 Å². The molecule has 3 aliphatic carbocycles. The van der Waals surface area contributed by atoms with Crippen LogP contribution in [-0.4, -0.2) is 80.0 Å². The van der Waals surface area contributed by atoms with E-state index >= 15 is 4.79 Å². The van der Waals surface area contributed by atoms with Crippen LogP contribution >= 0.6 is 21.6 Å². The van der Waals surface area contributed by atoms with Gasteiger partial charge in [-0.15, -0.1) is 0 Å². The Labute approximate surface area is 279 Å². The molecule has 5 rings (SSSR count). The molecule has 2 saturated heterocycles. The fraction of sp³-hybridized carbons (Fsp3) is 0.848. The fourth-order valence-corrected chi connectivity index (χ4v) is 18.8. The van der Waals surface area contributed by atoms with Crippen LogP contribution in [0, 0.1) is 16.7 Å². The first-order valence-electron chi connectivity index (χ1n) is 17.1. The molecular weight excluding hydrogens is 645 g/mol. The monoisotopic (exact) mass is 698 g/mol. The summed E-state index contributed by atoms with van der Waals surface area (Å²) in [5.74, 6) is -0.805. The zero-order chi connectivity index (χ0) is 33.4. The molecule has 12 heteroatoms. The number of rotatable bonds is 10. The van der Waals surface area contributed by atoms with E-state index in [0.717, 1.165) is 36.3 Å². The molecule has 45 heavy (non-hydrogen) atoms. The highest BCUT2D eigenvalue weighted by molar-refractivity contribution is 8.77. The van der Waals surface area contributed by atoms with Gasteiger partial charge in [0, 0.05) is 22.3 Å².